The number of ketones is 1. The minimum absolute atomic E-state index is 0.175. The van der Waals surface area contributed by atoms with Gasteiger partial charge in [-0.3, -0.25) is 4.79 Å². The molecule has 4 saturated carbocycles. The highest BCUT2D eigenvalue weighted by Crippen LogP contribution is 2.71. The van der Waals surface area contributed by atoms with Crippen LogP contribution in [0.4, 0.5) is 0 Å². The van der Waals surface area contributed by atoms with Gasteiger partial charge in [0.1, 0.15) is 18.0 Å². The third kappa shape index (κ3) is 2.27. The quantitative estimate of drug-likeness (QED) is 0.562. The molecule has 0 radical (unpaired) electrons. The first kappa shape index (κ1) is 20.8. The molecule has 3 saturated heterocycles. The van der Waals surface area contributed by atoms with E-state index in [4.69, 9.17) is 28.4 Å². The standard InChI is InChI=1S/C25H36O7/c1-21-7-8-23(28-9-10-29-23)12-16(21)3-4-17-18-5-6-24(22(18,2)20(26)11-19(17)21)25(32-15-30-24)13-27-14-31-25/h16-19H,3-15H2,1-2H3/t16-,17?,18?,19?,21+,22-,24-,25?/m1/s1. The summed E-state index contributed by atoms with van der Waals surface area (Å²) in [7, 11) is 0. The molecule has 0 N–H and O–H groups in total. The predicted molar refractivity (Wildman–Crippen MR) is 111 cm³/mol. The number of ether oxygens (including phenoxy) is 6. The topological polar surface area (TPSA) is 72.5 Å². The van der Waals surface area contributed by atoms with E-state index in [-0.39, 0.29) is 24.8 Å². The zero-order valence-corrected chi connectivity index (χ0v) is 19.4. The SMILES string of the molecule is C[C@]12C(=O)CC3C(CC[C@@H]4CC5(CC[C@]34C)OCCO5)C1CC[C@@]21OCOC12COCO2. The number of Topliss-reactive ketones (excluding diaryl/α,β-unsaturated/α-hetero) is 1. The Hall–Kier alpha value is -0.570. The van der Waals surface area contributed by atoms with Crippen molar-refractivity contribution in [3.63, 3.8) is 0 Å². The van der Waals surface area contributed by atoms with E-state index in [1.807, 2.05) is 0 Å². The second kappa shape index (κ2) is 6.55. The molecule has 0 aromatic heterocycles. The van der Waals surface area contributed by atoms with Gasteiger partial charge in [-0.2, -0.15) is 0 Å². The van der Waals surface area contributed by atoms with Crippen LogP contribution in [0.3, 0.4) is 0 Å². The van der Waals surface area contributed by atoms with E-state index in [2.05, 4.69) is 13.8 Å². The zero-order chi connectivity index (χ0) is 21.8. The van der Waals surface area contributed by atoms with E-state index >= 15 is 0 Å². The Kier molecular flexibility index (Phi) is 4.25. The Labute approximate surface area is 189 Å². The van der Waals surface area contributed by atoms with Crippen LogP contribution in [0.1, 0.15) is 65.2 Å². The Morgan fingerprint density at radius 2 is 1.66 bits per heavy atom. The second-order valence-corrected chi connectivity index (χ2v) is 11.9. The van der Waals surface area contributed by atoms with Crippen molar-refractivity contribution in [3.8, 4) is 0 Å². The first-order valence-corrected chi connectivity index (χ1v) is 12.7. The molecule has 4 unspecified atom stereocenters. The summed E-state index contributed by atoms with van der Waals surface area (Å²) in [5.41, 5.74) is -1.15. The fraction of sp³-hybridized carbons (Fsp3) is 0.960. The van der Waals surface area contributed by atoms with Gasteiger partial charge in [0.25, 0.3) is 0 Å². The molecular weight excluding hydrogens is 412 g/mol. The molecular formula is C25H36O7. The largest absolute Gasteiger partial charge is 0.350 e. The van der Waals surface area contributed by atoms with Crippen molar-refractivity contribution < 1.29 is 33.2 Å². The number of hydrogen-bond donors (Lipinski definition) is 0. The number of carbonyl (C=O) groups is 1. The van der Waals surface area contributed by atoms with Crippen molar-refractivity contribution in [2.45, 2.75) is 82.4 Å². The summed E-state index contributed by atoms with van der Waals surface area (Å²) in [5.74, 6) is 0.895. The van der Waals surface area contributed by atoms with Gasteiger partial charge in [-0.25, -0.2) is 0 Å². The van der Waals surface area contributed by atoms with Crippen molar-refractivity contribution in [2.75, 3.05) is 33.4 Å². The predicted octanol–water partition coefficient (Wildman–Crippen LogP) is 3.39. The number of carbonyl (C=O) groups excluding carboxylic acids is 1. The molecule has 7 aliphatic rings. The maximum atomic E-state index is 14.1. The number of fused-ring (bicyclic) bond motifs is 7. The highest BCUT2D eigenvalue weighted by atomic mass is 16.9. The Morgan fingerprint density at radius 1 is 0.844 bits per heavy atom. The summed E-state index contributed by atoms with van der Waals surface area (Å²) in [6.45, 7) is 6.77. The van der Waals surface area contributed by atoms with Crippen molar-refractivity contribution in [2.24, 2.45) is 34.5 Å². The Balaban J connectivity index is 1.23. The summed E-state index contributed by atoms with van der Waals surface area (Å²) in [6.07, 6.45) is 7.83. The lowest BCUT2D eigenvalue weighted by Gasteiger charge is -2.62. The van der Waals surface area contributed by atoms with E-state index in [0.29, 0.717) is 55.7 Å². The van der Waals surface area contributed by atoms with Gasteiger partial charge in [0, 0.05) is 19.3 Å². The number of rotatable bonds is 0. The van der Waals surface area contributed by atoms with E-state index < -0.39 is 16.8 Å². The summed E-state index contributed by atoms with van der Waals surface area (Å²) < 4.78 is 36.3. The van der Waals surface area contributed by atoms with Crippen LogP contribution in [0.25, 0.3) is 0 Å². The van der Waals surface area contributed by atoms with Gasteiger partial charge in [0.15, 0.2) is 19.4 Å². The molecule has 3 aliphatic heterocycles. The number of hydrogen-bond acceptors (Lipinski definition) is 7. The lowest BCUT2D eigenvalue weighted by molar-refractivity contribution is -0.250. The van der Waals surface area contributed by atoms with Crippen molar-refractivity contribution in [3.05, 3.63) is 0 Å². The van der Waals surface area contributed by atoms with Crippen molar-refractivity contribution in [1.29, 1.82) is 0 Å². The third-order valence-electron chi connectivity index (χ3n) is 11.3. The molecule has 0 aromatic carbocycles. The molecule has 7 fully saturated rings. The fourth-order valence-electron chi connectivity index (χ4n) is 9.63. The van der Waals surface area contributed by atoms with E-state index in [9.17, 15) is 4.79 Å². The van der Waals surface area contributed by atoms with Gasteiger partial charge in [-0.1, -0.05) is 6.92 Å². The van der Waals surface area contributed by atoms with Gasteiger partial charge in [-0.15, -0.1) is 0 Å². The van der Waals surface area contributed by atoms with Crippen LogP contribution in [0.15, 0.2) is 0 Å². The van der Waals surface area contributed by atoms with Crippen molar-refractivity contribution >= 4 is 5.78 Å². The Bertz CT molecular complexity index is 812. The molecule has 7 rings (SSSR count). The van der Waals surface area contributed by atoms with Gasteiger partial charge < -0.3 is 28.4 Å². The Morgan fingerprint density at radius 3 is 2.44 bits per heavy atom. The molecule has 8 atom stereocenters. The lowest BCUT2D eigenvalue weighted by atomic mass is 9.43. The van der Waals surface area contributed by atoms with Crippen LogP contribution in [-0.4, -0.2) is 56.4 Å². The molecule has 4 aliphatic carbocycles. The van der Waals surface area contributed by atoms with Crippen LogP contribution in [0.2, 0.25) is 0 Å². The monoisotopic (exact) mass is 448 g/mol. The van der Waals surface area contributed by atoms with Gasteiger partial charge in [0.2, 0.25) is 5.79 Å². The summed E-state index contributed by atoms with van der Waals surface area (Å²) in [4.78, 5) is 14.1. The molecule has 0 aromatic rings. The molecule has 0 bridgehead atoms. The summed E-state index contributed by atoms with van der Waals surface area (Å²) in [5, 5.41) is 0. The van der Waals surface area contributed by atoms with Crippen LogP contribution in [-0.2, 0) is 33.2 Å². The first-order chi connectivity index (χ1) is 15.4. The van der Waals surface area contributed by atoms with Crippen molar-refractivity contribution in [1.82, 2.24) is 0 Å². The average Bonchev–Trinajstić information content (AvgIpc) is 3.56. The fourth-order valence-corrected chi connectivity index (χ4v) is 9.63. The van der Waals surface area contributed by atoms with Crippen LogP contribution < -0.4 is 0 Å². The second-order valence-electron chi connectivity index (χ2n) is 11.9. The zero-order valence-electron chi connectivity index (χ0n) is 19.4. The third-order valence-corrected chi connectivity index (χ3v) is 11.3. The summed E-state index contributed by atoms with van der Waals surface area (Å²) in [6, 6.07) is 0. The van der Waals surface area contributed by atoms with Gasteiger partial charge in [-0.05, 0) is 68.1 Å². The highest BCUT2D eigenvalue weighted by molar-refractivity contribution is 5.88. The molecule has 0 amide bonds. The first-order valence-electron chi connectivity index (χ1n) is 12.7. The molecule has 7 heteroatoms. The molecule has 178 valence electrons. The lowest BCUT2D eigenvalue weighted by Crippen LogP contribution is -2.67. The summed E-state index contributed by atoms with van der Waals surface area (Å²) >= 11 is 0. The van der Waals surface area contributed by atoms with Gasteiger partial charge >= 0.3 is 0 Å². The molecule has 7 nitrogen and oxygen atoms in total. The smallest absolute Gasteiger partial charge is 0.227 e. The van der Waals surface area contributed by atoms with E-state index in [1.165, 1.54) is 12.8 Å². The minimum Gasteiger partial charge on any atom is -0.350 e. The minimum atomic E-state index is -0.936. The van der Waals surface area contributed by atoms with Gasteiger partial charge in [0.05, 0.1) is 18.6 Å². The van der Waals surface area contributed by atoms with E-state index in [1.54, 1.807) is 0 Å². The van der Waals surface area contributed by atoms with Crippen LogP contribution in [0, 0.1) is 34.5 Å². The average molecular weight is 449 g/mol. The molecule has 32 heavy (non-hydrogen) atoms. The molecule has 3 spiro atoms. The van der Waals surface area contributed by atoms with E-state index in [0.717, 1.165) is 32.1 Å². The van der Waals surface area contributed by atoms with Crippen LogP contribution in [0.5, 0.6) is 0 Å². The maximum absolute atomic E-state index is 14.1. The molecule has 3 heterocycles. The highest BCUT2D eigenvalue weighted by Gasteiger charge is 2.78. The van der Waals surface area contributed by atoms with Crippen LogP contribution >= 0.6 is 0 Å². The maximum Gasteiger partial charge on any atom is 0.227 e. The normalized spacial score (nSPS) is 56.1.